The summed E-state index contributed by atoms with van der Waals surface area (Å²) in [5.74, 6) is 0. The van der Waals surface area contributed by atoms with E-state index < -0.39 is 0 Å². The van der Waals surface area contributed by atoms with Gasteiger partial charge in [-0.3, -0.25) is 10.1 Å². The second-order valence-electron chi connectivity index (χ2n) is 3.86. The van der Waals surface area contributed by atoms with Gasteiger partial charge in [-0.05, 0) is 5.56 Å². The van der Waals surface area contributed by atoms with Crippen LogP contribution in [0.2, 0.25) is 0 Å². The van der Waals surface area contributed by atoms with Crippen LogP contribution in [0, 0.1) is 10.1 Å². The molecule has 0 N–H and O–H groups in total. The van der Waals surface area contributed by atoms with Crippen molar-refractivity contribution in [2.24, 2.45) is 0 Å². The number of nitrogens with zero attached hydrogens (tertiary/aromatic N) is 1. The van der Waals surface area contributed by atoms with E-state index in [1.54, 1.807) is 12.1 Å². The van der Waals surface area contributed by atoms with Gasteiger partial charge in [-0.2, -0.15) is 0 Å². The lowest BCUT2D eigenvalue weighted by molar-refractivity contribution is -0.385. The van der Waals surface area contributed by atoms with Gasteiger partial charge in [0.05, 0.1) is 18.1 Å². The normalized spacial score (nSPS) is 18.6. The van der Waals surface area contributed by atoms with Crippen LogP contribution in [0.4, 0.5) is 5.69 Å². The molecule has 1 aliphatic rings. The van der Waals surface area contributed by atoms with Gasteiger partial charge >= 0.3 is 0 Å². The fourth-order valence-electron chi connectivity index (χ4n) is 1.57. The molecule has 0 saturated carbocycles. The molecule has 2 rings (SSSR count). The van der Waals surface area contributed by atoms with Gasteiger partial charge in [-0.25, -0.2) is 0 Å². The van der Waals surface area contributed by atoms with Crippen molar-refractivity contribution in [3.63, 3.8) is 0 Å². The zero-order chi connectivity index (χ0) is 10.2. The molecule has 1 aromatic rings. The third kappa shape index (κ3) is 1.37. The predicted octanol–water partition coefficient (Wildman–Crippen LogP) is 1.88. The molecule has 1 saturated heterocycles. The molecule has 4 nitrogen and oxygen atoms in total. The van der Waals surface area contributed by atoms with Crippen LogP contribution in [0.15, 0.2) is 24.3 Å². The Bertz CT molecular complexity index is 371. The molecule has 0 aromatic heterocycles. The molecule has 1 fully saturated rings. The van der Waals surface area contributed by atoms with E-state index in [4.69, 9.17) is 4.74 Å². The molecule has 1 aromatic carbocycles. The number of rotatable bonds is 2. The lowest BCUT2D eigenvalue weighted by Crippen LogP contribution is -2.43. The highest BCUT2D eigenvalue weighted by molar-refractivity contribution is 5.38. The fourth-order valence-corrected chi connectivity index (χ4v) is 1.57. The van der Waals surface area contributed by atoms with Crippen molar-refractivity contribution in [2.75, 3.05) is 13.2 Å². The summed E-state index contributed by atoms with van der Waals surface area (Å²) >= 11 is 0. The number of nitro benzene ring substituents is 1. The molecule has 0 unspecified atom stereocenters. The van der Waals surface area contributed by atoms with E-state index in [0.29, 0.717) is 13.2 Å². The van der Waals surface area contributed by atoms with E-state index in [0.717, 1.165) is 5.56 Å². The van der Waals surface area contributed by atoms with Crippen molar-refractivity contribution in [3.8, 4) is 0 Å². The Balaban J connectivity index is 2.35. The molecule has 0 atom stereocenters. The van der Waals surface area contributed by atoms with Crippen molar-refractivity contribution >= 4 is 5.69 Å². The minimum Gasteiger partial charge on any atom is -0.379 e. The third-order valence-corrected chi connectivity index (χ3v) is 2.60. The van der Waals surface area contributed by atoms with Crippen molar-refractivity contribution in [3.05, 3.63) is 39.9 Å². The van der Waals surface area contributed by atoms with Gasteiger partial charge in [0.25, 0.3) is 5.69 Å². The van der Waals surface area contributed by atoms with Crippen LogP contribution in [0.5, 0.6) is 0 Å². The molecular formula is C10H11NO3. The minimum absolute atomic E-state index is 0.0357. The Morgan fingerprint density at radius 3 is 2.71 bits per heavy atom. The lowest BCUT2D eigenvalue weighted by atomic mass is 9.81. The van der Waals surface area contributed by atoms with Gasteiger partial charge in [-0.15, -0.1) is 0 Å². The molecule has 1 heterocycles. The van der Waals surface area contributed by atoms with Crippen LogP contribution < -0.4 is 0 Å². The Morgan fingerprint density at radius 1 is 1.50 bits per heavy atom. The van der Waals surface area contributed by atoms with Crippen LogP contribution in [-0.4, -0.2) is 18.1 Å². The van der Waals surface area contributed by atoms with Crippen molar-refractivity contribution in [1.82, 2.24) is 0 Å². The van der Waals surface area contributed by atoms with E-state index in [2.05, 4.69) is 6.92 Å². The first-order chi connectivity index (χ1) is 6.62. The number of hydrogen-bond acceptors (Lipinski definition) is 3. The monoisotopic (exact) mass is 193 g/mol. The Kier molecular flexibility index (Phi) is 2.00. The molecule has 0 spiro atoms. The van der Waals surface area contributed by atoms with Gasteiger partial charge in [0.2, 0.25) is 0 Å². The second kappa shape index (κ2) is 3.06. The number of ether oxygens (including phenoxy) is 1. The van der Waals surface area contributed by atoms with E-state index in [-0.39, 0.29) is 16.0 Å². The highest BCUT2D eigenvalue weighted by atomic mass is 16.6. The van der Waals surface area contributed by atoms with Crippen LogP contribution in [0.1, 0.15) is 12.5 Å². The maximum atomic E-state index is 10.6. The maximum absolute atomic E-state index is 10.6. The molecule has 0 bridgehead atoms. The Hall–Kier alpha value is -1.42. The lowest BCUT2D eigenvalue weighted by Gasteiger charge is -2.38. The Labute approximate surface area is 81.7 Å². The van der Waals surface area contributed by atoms with E-state index in [1.165, 1.54) is 6.07 Å². The van der Waals surface area contributed by atoms with Crippen LogP contribution in [-0.2, 0) is 10.2 Å². The predicted molar refractivity (Wildman–Crippen MR) is 51.3 cm³/mol. The summed E-state index contributed by atoms with van der Waals surface area (Å²) in [5, 5.41) is 10.6. The van der Waals surface area contributed by atoms with Crippen LogP contribution in [0.3, 0.4) is 0 Å². The first kappa shape index (κ1) is 9.15. The number of benzene rings is 1. The molecule has 0 radical (unpaired) electrons. The minimum atomic E-state index is -0.369. The van der Waals surface area contributed by atoms with Crippen molar-refractivity contribution in [1.29, 1.82) is 0 Å². The number of non-ortho nitro benzene ring substituents is 1. The summed E-state index contributed by atoms with van der Waals surface area (Å²) < 4.78 is 5.12. The SMILES string of the molecule is CC1(c2cccc([N+](=O)[O-])c2)COC1. The van der Waals surface area contributed by atoms with E-state index in [9.17, 15) is 10.1 Å². The summed E-state index contributed by atoms with van der Waals surface area (Å²) in [7, 11) is 0. The van der Waals surface area contributed by atoms with E-state index >= 15 is 0 Å². The molecular weight excluding hydrogens is 182 g/mol. The zero-order valence-electron chi connectivity index (χ0n) is 7.90. The fraction of sp³-hybridized carbons (Fsp3) is 0.400. The molecule has 1 aliphatic heterocycles. The van der Waals surface area contributed by atoms with Crippen LogP contribution >= 0.6 is 0 Å². The maximum Gasteiger partial charge on any atom is 0.269 e. The first-order valence-electron chi connectivity index (χ1n) is 4.44. The average molecular weight is 193 g/mol. The molecule has 0 aliphatic carbocycles. The molecule has 0 amide bonds. The van der Waals surface area contributed by atoms with Crippen LogP contribution in [0.25, 0.3) is 0 Å². The summed E-state index contributed by atoms with van der Waals surface area (Å²) in [6.07, 6.45) is 0. The molecule has 14 heavy (non-hydrogen) atoms. The Morgan fingerprint density at radius 2 is 2.21 bits per heavy atom. The van der Waals surface area contributed by atoms with Gasteiger partial charge in [-0.1, -0.05) is 19.1 Å². The molecule has 4 heteroatoms. The standard InChI is InChI=1S/C10H11NO3/c1-10(6-14-7-10)8-3-2-4-9(5-8)11(12)13/h2-5H,6-7H2,1H3. The zero-order valence-corrected chi connectivity index (χ0v) is 7.90. The highest BCUT2D eigenvalue weighted by Gasteiger charge is 2.35. The summed E-state index contributed by atoms with van der Waals surface area (Å²) in [6, 6.07) is 6.77. The number of hydrogen-bond donors (Lipinski definition) is 0. The van der Waals surface area contributed by atoms with Crippen molar-refractivity contribution in [2.45, 2.75) is 12.3 Å². The highest BCUT2D eigenvalue weighted by Crippen LogP contribution is 2.33. The summed E-state index contributed by atoms with van der Waals surface area (Å²) in [5.41, 5.74) is 1.10. The smallest absolute Gasteiger partial charge is 0.269 e. The largest absolute Gasteiger partial charge is 0.379 e. The van der Waals surface area contributed by atoms with Gasteiger partial charge in [0.1, 0.15) is 0 Å². The quantitative estimate of drug-likeness (QED) is 0.532. The average Bonchev–Trinajstić information content (AvgIpc) is 2.14. The number of nitro groups is 1. The van der Waals surface area contributed by atoms with Gasteiger partial charge in [0, 0.05) is 17.5 Å². The second-order valence-corrected chi connectivity index (χ2v) is 3.86. The van der Waals surface area contributed by atoms with Gasteiger partial charge in [0.15, 0.2) is 0 Å². The third-order valence-electron chi connectivity index (χ3n) is 2.60. The van der Waals surface area contributed by atoms with Crippen molar-refractivity contribution < 1.29 is 9.66 Å². The molecule has 74 valence electrons. The van der Waals surface area contributed by atoms with Gasteiger partial charge < -0.3 is 4.74 Å². The van der Waals surface area contributed by atoms with E-state index in [1.807, 2.05) is 6.07 Å². The topological polar surface area (TPSA) is 52.4 Å². The summed E-state index contributed by atoms with van der Waals surface area (Å²) in [6.45, 7) is 3.35. The first-order valence-corrected chi connectivity index (χ1v) is 4.44. The summed E-state index contributed by atoms with van der Waals surface area (Å²) in [4.78, 5) is 10.2.